The number of allylic oxidation sites excluding steroid dienone is 1. The molecule has 0 aromatic rings. The molecule has 0 aromatic carbocycles. The van der Waals surface area contributed by atoms with Crippen LogP contribution in [0.4, 0.5) is 0 Å². The molecular weight excluding hydrogens is 156 g/mol. The van der Waals surface area contributed by atoms with Crippen LogP contribution in [0.2, 0.25) is 0 Å². The summed E-state index contributed by atoms with van der Waals surface area (Å²) in [4.78, 5) is 0. The monoisotopic (exact) mass is 172 g/mol. The lowest BCUT2D eigenvalue weighted by Gasteiger charge is -2.18. The van der Waals surface area contributed by atoms with E-state index in [1.54, 1.807) is 0 Å². The molecule has 3 heteroatoms. The standard InChI is InChI=1S/C9H16O3/c1-6(2)8-3-7(5-10)4-9(8,11)12/h7,10-12H,3-5H2,1-2H3. The largest absolute Gasteiger partial charge is 0.396 e. The maximum absolute atomic E-state index is 9.51. The van der Waals surface area contributed by atoms with Gasteiger partial charge in [-0.25, -0.2) is 0 Å². The Balaban J connectivity index is 2.85. The summed E-state index contributed by atoms with van der Waals surface area (Å²) >= 11 is 0. The van der Waals surface area contributed by atoms with Gasteiger partial charge in [0.05, 0.1) is 0 Å². The Morgan fingerprint density at radius 1 is 1.50 bits per heavy atom. The summed E-state index contributed by atoms with van der Waals surface area (Å²) in [7, 11) is 0. The molecule has 0 saturated heterocycles. The fraction of sp³-hybridized carbons (Fsp3) is 0.778. The lowest BCUT2D eigenvalue weighted by Crippen LogP contribution is -2.26. The van der Waals surface area contributed by atoms with Gasteiger partial charge in [-0.2, -0.15) is 0 Å². The first kappa shape index (κ1) is 9.71. The zero-order valence-corrected chi connectivity index (χ0v) is 7.54. The zero-order valence-electron chi connectivity index (χ0n) is 7.54. The van der Waals surface area contributed by atoms with Gasteiger partial charge >= 0.3 is 0 Å². The van der Waals surface area contributed by atoms with Crippen molar-refractivity contribution in [2.24, 2.45) is 5.92 Å². The Morgan fingerprint density at radius 3 is 2.33 bits per heavy atom. The van der Waals surface area contributed by atoms with Crippen LogP contribution in [0.3, 0.4) is 0 Å². The number of hydrogen-bond donors (Lipinski definition) is 3. The van der Waals surface area contributed by atoms with Crippen LogP contribution in [0.5, 0.6) is 0 Å². The summed E-state index contributed by atoms with van der Waals surface area (Å²) in [5.74, 6) is -1.67. The third kappa shape index (κ3) is 1.68. The summed E-state index contributed by atoms with van der Waals surface area (Å²) in [5.41, 5.74) is 1.61. The highest BCUT2D eigenvalue weighted by atomic mass is 16.5. The molecule has 1 rings (SSSR count). The van der Waals surface area contributed by atoms with E-state index < -0.39 is 5.79 Å². The van der Waals surface area contributed by atoms with E-state index in [9.17, 15) is 10.2 Å². The molecule has 0 amide bonds. The predicted molar refractivity (Wildman–Crippen MR) is 45.4 cm³/mol. The predicted octanol–water partition coefficient (Wildman–Crippen LogP) is 0.406. The van der Waals surface area contributed by atoms with E-state index in [1.807, 2.05) is 13.8 Å². The van der Waals surface area contributed by atoms with Crippen molar-refractivity contribution in [3.05, 3.63) is 11.1 Å². The van der Waals surface area contributed by atoms with Crippen molar-refractivity contribution in [1.82, 2.24) is 0 Å². The van der Waals surface area contributed by atoms with E-state index in [0.29, 0.717) is 12.0 Å². The topological polar surface area (TPSA) is 60.7 Å². The summed E-state index contributed by atoms with van der Waals surface area (Å²) in [6.45, 7) is 3.74. The minimum atomic E-state index is -1.67. The van der Waals surface area contributed by atoms with Gasteiger partial charge in [-0.05, 0) is 31.8 Å². The van der Waals surface area contributed by atoms with E-state index in [0.717, 1.165) is 5.57 Å². The molecule has 70 valence electrons. The first-order chi connectivity index (χ1) is 5.47. The Bertz CT molecular complexity index is 202. The maximum atomic E-state index is 9.51. The normalized spacial score (nSPS) is 27.8. The third-order valence-electron chi connectivity index (χ3n) is 2.41. The molecular formula is C9H16O3. The number of aliphatic hydroxyl groups is 3. The van der Waals surface area contributed by atoms with Crippen molar-refractivity contribution in [3.8, 4) is 0 Å². The lowest BCUT2D eigenvalue weighted by molar-refractivity contribution is -0.127. The van der Waals surface area contributed by atoms with Gasteiger partial charge in [0.1, 0.15) is 0 Å². The quantitative estimate of drug-likeness (QED) is 0.396. The van der Waals surface area contributed by atoms with E-state index in [1.165, 1.54) is 0 Å². The number of hydrogen-bond acceptors (Lipinski definition) is 3. The van der Waals surface area contributed by atoms with Gasteiger partial charge in [0, 0.05) is 13.0 Å². The molecule has 12 heavy (non-hydrogen) atoms. The maximum Gasteiger partial charge on any atom is 0.186 e. The minimum Gasteiger partial charge on any atom is -0.396 e. The van der Waals surface area contributed by atoms with Gasteiger partial charge in [0.2, 0.25) is 0 Å². The molecule has 1 saturated carbocycles. The summed E-state index contributed by atoms with van der Waals surface area (Å²) in [5, 5.41) is 27.9. The van der Waals surface area contributed by atoms with Gasteiger partial charge in [0.25, 0.3) is 0 Å². The second-order valence-electron chi connectivity index (χ2n) is 3.75. The Morgan fingerprint density at radius 2 is 2.08 bits per heavy atom. The van der Waals surface area contributed by atoms with Gasteiger partial charge in [0.15, 0.2) is 5.79 Å². The minimum absolute atomic E-state index is 0.00454. The summed E-state index contributed by atoms with van der Waals surface area (Å²) in [6, 6.07) is 0. The van der Waals surface area contributed by atoms with Gasteiger partial charge in [-0.3, -0.25) is 0 Å². The van der Waals surface area contributed by atoms with Crippen LogP contribution in [0.1, 0.15) is 26.7 Å². The molecule has 0 spiro atoms. The SMILES string of the molecule is CC(C)=C1CC(CO)CC1(O)O. The molecule has 1 atom stereocenters. The van der Waals surface area contributed by atoms with Crippen LogP contribution < -0.4 is 0 Å². The van der Waals surface area contributed by atoms with Crippen molar-refractivity contribution in [2.45, 2.75) is 32.5 Å². The second-order valence-corrected chi connectivity index (χ2v) is 3.75. The zero-order chi connectivity index (χ0) is 9.35. The Kier molecular flexibility index (Phi) is 2.56. The molecule has 3 N–H and O–H groups in total. The van der Waals surface area contributed by atoms with Crippen LogP contribution in [0, 0.1) is 5.92 Å². The van der Waals surface area contributed by atoms with Crippen molar-refractivity contribution >= 4 is 0 Å². The average molecular weight is 172 g/mol. The molecule has 1 aliphatic rings. The highest BCUT2D eigenvalue weighted by Gasteiger charge is 2.40. The molecule has 0 aromatic heterocycles. The van der Waals surface area contributed by atoms with Crippen molar-refractivity contribution < 1.29 is 15.3 Å². The van der Waals surface area contributed by atoms with Crippen LogP contribution in [0.15, 0.2) is 11.1 Å². The Hall–Kier alpha value is -0.380. The molecule has 0 radical (unpaired) electrons. The average Bonchev–Trinajstić information content (AvgIpc) is 2.25. The van der Waals surface area contributed by atoms with E-state index >= 15 is 0 Å². The number of aliphatic hydroxyl groups excluding tert-OH is 1. The molecule has 0 bridgehead atoms. The molecule has 1 aliphatic carbocycles. The Labute approximate surface area is 72.3 Å². The molecule has 1 fully saturated rings. The van der Waals surface area contributed by atoms with Crippen LogP contribution >= 0.6 is 0 Å². The summed E-state index contributed by atoms with van der Waals surface area (Å²) < 4.78 is 0. The fourth-order valence-corrected chi connectivity index (χ4v) is 1.78. The highest BCUT2D eigenvalue weighted by Crippen LogP contribution is 2.38. The van der Waals surface area contributed by atoms with Crippen LogP contribution in [0.25, 0.3) is 0 Å². The first-order valence-corrected chi connectivity index (χ1v) is 4.20. The smallest absolute Gasteiger partial charge is 0.186 e. The highest BCUT2D eigenvalue weighted by molar-refractivity contribution is 5.23. The fourth-order valence-electron chi connectivity index (χ4n) is 1.78. The van der Waals surface area contributed by atoms with Crippen LogP contribution in [-0.2, 0) is 0 Å². The van der Waals surface area contributed by atoms with E-state index in [4.69, 9.17) is 5.11 Å². The van der Waals surface area contributed by atoms with Crippen molar-refractivity contribution in [3.63, 3.8) is 0 Å². The van der Waals surface area contributed by atoms with Gasteiger partial charge in [-0.15, -0.1) is 0 Å². The molecule has 0 aliphatic heterocycles. The van der Waals surface area contributed by atoms with Crippen LogP contribution in [-0.4, -0.2) is 27.7 Å². The second kappa shape index (κ2) is 3.17. The summed E-state index contributed by atoms with van der Waals surface area (Å²) in [6.07, 6.45) is 0.857. The number of rotatable bonds is 1. The molecule has 0 heterocycles. The van der Waals surface area contributed by atoms with Crippen molar-refractivity contribution in [2.75, 3.05) is 6.61 Å². The molecule has 1 unspecified atom stereocenters. The van der Waals surface area contributed by atoms with Crippen molar-refractivity contribution in [1.29, 1.82) is 0 Å². The first-order valence-electron chi connectivity index (χ1n) is 4.20. The van der Waals surface area contributed by atoms with E-state index in [2.05, 4.69) is 0 Å². The third-order valence-corrected chi connectivity index (χ3v) is 2.41. The van der Waals surface area contributed by atoms with Gasteiger partial charge < -0.3 is 15.3 Å². The molecule has 3 nitrogen and oxygen atoms in total. The van der Waals surface area contributed by atoms with Gasteiger partial charge in [-0.1, -0.05) is 5.57 Å². The lowest BCUT2D eigenvalue weighted by atomic mass is 10.1. The van der Waals surface area contributed by atoms with E-state index in [-0.39, 0.29) is 18.9 Å².